The molecule has 0 fully saturated rings. The Bertz CT molecular complexity index is 1050. The fourth-order valence-electron chi connectivity index (χ4n) is 3.14. The first-order valence-electron chi connectivity index (χ1n) is 9.36. The Morgan fingerprint density at radius 2 is 1.45 bits per heavy atom. The quantitative estimate of drug-likeness (QED) is 0.621. The van der Waals surface area contributed by atoms with Gasteiger partial charge in [-0.1, -0.05) is 60.7 Å². The predicted octanol–water partition coefficient (Wildman–Crippen LogP) is 4.60. The van der Waals surface area contributed by atoms with Crippen molar-refractivity contribution in [2.24, 2.45) is 0 Å². The number of nitrogens with zero attached hydrogens (tertiary/aromatic N) is 1. The molecule has 0 bridgehead atoms. The molecule has 0 aliphatic carbocycles. The molecule has 0 aliphatic heterocycles. The summed E-state index contributed by atoms with van der Waals surface area (Å²) in [5, 5.41) is 2.65. The SMILES string of the molecule is CC(=O)Nc1ccc(S(=O)(=O)N(Cc2ccccc2)C(C)c2ccccc2)cc1. The van der Waals surface area contributed by atoms with Crippen molar-refractivity contribution in [2.75, 3.05) is 5.32 Å². The van der Waals surface area contributed by atoms with Crippen molar-refractivity contribution in [3.8, 4) is 0 Å². The second-order valence-corrected chi connectivity index (χ2v) is 8.72. The Kier molecular flexibility index (Phi) is 6.46. The van der Waals surface area contributed by atoms with Crippen LogP contribution in [0.1, 0.15) is 31.0 Å². The summed E-state index contributed by atoms with van der Waals surface area (Å²) >= 11 is 0. The lowest BCUT2D eigenvalue weighted by atomic mass is 10.1. The lowest BCUT2D eigenvalue weighted by molar-refractivity contribution is -0.114. The van der Waals surface area contributed by atoms with Gasteiger partial charge in [0.05, 0.1) is 4.90 Å². The van der Waals surface area contributed by atoms with Gasteiger partial charge in [-0.3, -0.25) is 4.79 Å². The molecular weight excluding hydrogens is 384 g/mol. The number of sulfonamides is 1. The van der Waals surface area contributed by atoms with Gasteiger partial charge in [0.1, 0.15) is 0 Å². The molecule has 3 aromatic carbocycles. The third-order valence-corrected chi connectivity index (χ3v) is 6.61. The molecule has 1 N–H and O–H groups in total. The third-order valence-electron chi connectivity index (χ3n) is 4.68. The monoisotopic (exact) mass is 408 g/mol. The molecule has 1 atom stereocenters. The molecule has 0 radical (unpaired) electrons. The van der Waals surface area contributed by atoms with Crippen LogP contribution in [0.25, 0.3) is 0 Å². The van der Waals surface area contributed by atoms with Gasteiger partial charge in [-0.05, 0) is 42.3 Å². The zero-order chi connectivity index (χ0) is 20.9. The molecule has 29 heavy (non-hydrogen) atoms. The van der Waals surface area contributed by atoms with Crippen molar-refractivity contribution in [2.45, 2.75) is 31.3 Å². The van der Waals surface area contributed by atoms with E-state index >= 15 is 0 Å². The standard InChI is InChI=1S/C23H24N2O3S/c1-18(21-11-7-4-8-12-21)25(17-20-9-5-3-6-10-20)29(27,28)23-15-13-22(14-16-23)24-19(2)26/h3-16,18H,17H2,1-2H3,(H,24,26). The van der Waals surface area contributed by atoms with Crippen LogP contribution in [0.2, 0.25) is 0 Å². The molecule has 1 amide bonds. The molecule has 5 nitrogen and oxygen atoms in total. The van der Waals surface area contributed by atoms with E-state index in [0.29, 0.717) is 5.69 Å². The minimum atomic E-state index is -3.77. The van der Waals surface area contributed by atoms with Crippen LogP contribution < -0.4 is 5.32 Å². The van der Waals surface area contributed by atoms with Gasteiger partial charge in [0.25, 0.3) is 0 Å². The topological polar surface area (TPSA) is 66.5 Å². The van der Waals surface area contributed by atoms with Crippen molar-refractivity contribution in [1.29, 1.82) is 0 Å². The van der Waals surface area contributed by atoms with Crippen LogP contribution in [0, 0.1) is 0 Å². The minimum absolute atomic E-state index is 0.185. The van der Waals surface area contributed by atoms with Gasteiger partial charge in [-0.15, -0.1) is 0 Å². The highest BCUT2D eigenvalue weighted by atomic mass is 32.2. The number of nitrogens with one attached hydrogen (secondary N) is 1. The fraction of sp³-hybridized carbons (Fsp3) is 0.174. The minimum Gasteiger partial charge on any atom is -0.326 e. The van der Waals surface area contributed by atoms with Crippen LogP contribution in [-0.2, 0) is 21.4 Å². The van der Waals surface area contributed by atoms with E-state index in [1.165, 1.54) is 23.4 Å². The molecule has 0 aromatic heterocycles. The number of carbonyl (C=O) groups is 1. The van der Waals surface area contributed by atoms with Crippen molar-refractivity contribution in [1.82, 2.24) is 4.31 Å². The molecule has 3 rings (SSSR count). The normalized spacial score (nSPS) is 12.5. The molecule has 0 aliphatic rings. The molecule has 0 saturated heterocycles. The maximum Gasteiger partial charge on any atom is 0.243 e. The Morgan fingerprint density at radius 3 is 2.00 bits per heavy atom. The van der Waals surface area contributed by atoms with E-state index in [9.17, 15) is 13.2 Å². The van der Waals surface area contributed by atoms with Crippen LogP contribution in [-0.4, -0.2) is 18.6 Å². The lowest BCUT2D eigenvalue weighted by Crippen LogP contribution is -2.33. The second-order valence-electron chi connectivity index (χ2n) is 6.83. The number of amides is 1. The zero-order valence-electron chi connectivity index (χ0n) is 16.4. The lowest BCUT2D eigenvalue weighted by Gasteiger charge is -2.29. The highest BCUT2D eigenvalue weighted by Crippen LogP contribution is 2.30. The summed E-state index contributed by atoms with van der Waals surface area (Å²) in [6.45, 7) is 3.56. The van der Waals surface area contributed by atoms with E-state index in [1.807, 2.05) is 67.6 Å². The van der Waals surface area contributed by atoms with E-state index in [4.69, 9.17) is 0 Å². The fourth-order valence-corrected chi connectivity index (χ4v) is 4.75. The molecule has 1 unspecified atom stereocenters. The van der Waals surface area contributed by atoms with Crippen molar-refractivity contribution >= 4 is 21.6 Å². The molecular formula is C23H24N2O3S. The molecule has 150 valence electrons. The van der Waals surface area contributed by atoms with Gasteiger partial charge in [-0.2, -0.15) is 4.31 Å². The third kappa shape index (κ3) is 5.10. The van der Waals surface area contributed by atoms with Crippen LogP contribution in [0.4, 0.5) is 5.69 Å². The number of benzene rings is 3. The van der Waals surface area contributed by atoms with Crippen LogP contribution in [0.3, 0.4) is 0 Å². The van der Waals surface area contributed by atoms with Gasteiger partial charge < -0.3 is 5.32 Å². The molecule has 0 saturated carbocycles. The predicted molar refractivity (Wildman–Crippen MR) is 115 cm³/mol. The van der Waals surface area contributed by atoms with Crippen LogP contribution in [0.5, 0.6) is 0 Å². The van der Waals surface area contributed by atoms with E-state index < -0.39 is 10.0 Å². The van der Waals surface area contributed by atoms with Gasteiger partial charge >= 0.3 is 0 Å². The van der Waals surface area contributed by atoms with Crippen LogP contribution in [0.15, 0.2) is 89.8 Å². The number of carbonyl (C=O) groups excluding carboxylic acids is 1. The maximum absolute atomic E-state index is 13.5. The van der Waals surface area contributed by atoms with E-state index in [-0.39, 0.29) is 23.4 Å². The highest BCUT2D eigenvalue weighted by Gasteiger charge is 2.30. The van der Waals surface area contributed by atoms with Gasteiger partial charge in [-0.25, -0.2) is 8.42 Å². The number of hydrogen-bond acceptors (Lipinski definition) is 3. The van der Waals surface area contributed by atoms with Crippen molar-refractivity contribution < 1.29 is 13.2 Å². The Labute approximate surface area is 172 Å². The van der Waals surface area contributed by atoms with Crippen LogP contribution >= 0.6 is 0 Å². The van der Waals surface area contributed by atoms with E-state index in [0.717, 1.165) is 11.1 Å². The largest absolute Gasteiger partial charge is 0.326 e. The average Bonchev–Trinajstić information content (AvgIpc) is 2.73. The van der Waals surface area contributed by atoms with Gasteiger partial charge in [0.2, 0.25) is 15.9 Å². The summed E-state index contributed by atoms with van der Waals surface area (Å²) < 4.78 is 28.6. The number of rotatable bonds is 7. The smallest absolute Gasteiger partial charge is 0.243 e. The van der Waals surface area contributed by atoms with Crippen molar-refractivity contribution in [3.05, 3.63) is 96.1 Å². The Morgan fingerprint density at radius 1 is 0.897 bits per heavy atom. The van der Waals surface area contributed by atoms with Gasteiger partial charge in [0.15, 0.2) is 0 Å². The Balaban J connectivity index is 1.98. The summed E-state index contributed by atoms with van der Waals surface area (Å²) in [7, 11) is -3.77. The number of anilines is 1. The van der Waals surface area contributed by atoms with Gasteiger partial charge in [0, 0.05) is 25.2 Å². The molecule has 0 spiro atoms. The summed E-state index contributed by atoms with van der Waals surface area (Å²) in [5.41, 5.74) is 2.39. The first-order chi connectivity index (χ1) is 13.9. The van der Waals surface area contributed by atoms with E-state index in [1.54, 1.807) is 12.1 Å². The Hall–Kier alpha value is -2.96. The first kappa shape index (κ1) is 20.8. The van der Waals surface area contributed by atoms with E-state index in [2.05, 4.69) is 5.32 Å². The first-order valence-corrected chi connectivity index (χ1v) is 10.8. The summed E-state index contributed by atoms with van der Waals surface area (Å²) in [5.74, 6) is -0.205. The summed E-state index contributed by atoms with van der Waals surface area (Å²) in [6.07, 6.45) is 0. The molecule has 6 heteroatoms. The zero-order valence-corrected chi connectivity index (χ0v) is 17.3. The number of hydrogen-bond donors (Lipinski definition) is 1. The molecule has 0 heterocycles. The highest BCUT2D eigenvalue weighted by molar-refractivity contribution is 7.89. The summed E-state index contributed by atoms with van der Waals surface area (Å²) in [6, 6.07) is 25.0. The summed E-state index contributed by atoms with van der Waals surface area (Å²) in [4.78, 5) is 11.4. The molecule has 3 aromatic rings. The second kappa shape index (κ2) is 9.03. The average molecular weight is 409 g/mol. The maximum atomic E-state index is 13.5. The van der Waals surface area contributed by atoms with Crippen molar-refractivity contribution in [3.63, 3.8) is 0 Å².